The smallest absolute Gasteiger partial charge is 0.0205 e. The van der Waals surface area contributed by atoms with E-state index in [1.807, 2.05) is 0 Å². The van der Waals surface area contributed by atoms with Gasteiger partial charge in [0.25, 0.3) is 0 Å². The third-order valence-corrected chi connectivity index (χ3v) is 2.86. The molecule has 0 saturated carbocycles. The van der Waals surface area contributed by atoms with Gasteiger partial charge in [0, 0.05) is 10.1 Å². The van der Waals surface area contributed by atoms with Crippen molar-refractivity contribution in [3.8, 4) is 0 Å². The molecule has 0 bridgehead atoms. The van der Waals surface area contributed by atoms with Gasteiger partial charge in [-0.15, -0.1) is 0 Å². The van der Waals surface area contributed by atoms with Gasteiger partial charge in [0.05, 0.1) is 0 Å². The highest BCUT2D eigenvalue weighted by atomic mass is 127. The van der Waals surface area contributed by atoms with Crippen LogP contribution in [0.25, 0.3) is 0 Å². The Morgan fingerprint density at radius 2 is 1.86 bits per heavy atom. The number of rotatable bonds is 5. The third-order valence-electron chi connectivity index (χ3n) is 2.14. The molecular formula is C12H18IN. The van der Waals surface area contributed by atoms with Crippen LogP contribution in [0.15, 0.2) is 24.3 Å². The van der Waals surface area contributed by atoms with Gasteiger partial charge in [0.15, 0.2) is 0 Å². The molecule has 2 heteroatoms. The van der Waals surface area contributed by atoms with Gasteiger partial charge in [-0.3, -0.25) is 0 Å². The fourth-order valence-corrected chi connectivity index (χ4v) is 1.59. The number of hydrogen-bond acceptors (Lipinski definition) is 1. The first kappa shape index (κ1) is 12.0. The summed E-state index contributed by atoms with van der Waals surface area (Å²) < 4.78 is 1.30. The summed E-state index contributed by atoms with van der Waals surface area (Å²) in [6.07, 6.45) is 1.25. The van der Waals surface area contributed by atoms with Crippen molar-refractivity contribution in [2.45, 2.75) is 26.8 Å². The molecule has 0 saturated heterocycles. The lowest BCUT2D eigenvalue weighted by Crippen LogP contribution is -2.16. The fraction of sp³-hybridized carbons (Fsp3) is 0.500. The van der Waals surface area contributed by atoms with E-state index >= 15 is 0 Å². The maximum absolute atomic E-state index is 3.45. The van der Waals surface area contributed by atoms with Crippen molar-refractivity contribution in [3.63, 3.8) is 0 Å². The molecule has 0 aliphatic heterocycles. The van der Waals surface area contributed by atoms with Gasteiger partial charge in [-0.25, -0.2) is 0 Å². The second kappa shape index (κ2) is 6.40. The van der Waals surface area contributed by atoms with E-state index in [1.54, 1.807) is 0 Å². The van der Waals surface area contributed by atoms with E-state index in [4.69, 9.17) is 0 Å². The van der Waals surface area contributed by atoms with Crippen LogP contribution in [0.3, 0.4) is 0 Å². The predicted octanol–water partition coefficient (Wildman–Crippen LogP) is 3.43. The molecule has 0 radical (unpaired) electrons. The molecule has 1 N–H and O–H groups in total. The van der Waals surface area contributed by atoms with E-state index in [-0.39, 0.29) is 0 Å². The summed E-state index contributed by atoms with van der Waals surface area (Å²) in [7, 11) is 0. The molecule has 0 fully saturated rings. The summed E-state index contributed by atoms with van der Waals surface area (Å²) in [6, 6.07) is 8.67. The molecule has 0 amide bonds. The lowest BCUT2D eigenvalue weighted by molar-refractivity contribution is 0.537. The Morgan fingerprint density at radius 3 is 2.43 bits per heavy atom. The minimum absolute atomic E-state index is 0.791. The van der Waals surface area contributed by atoms with Gasteiger partial charge in [-0.2, -0.15) is 0 Å². The van der Waals surface area contributed by atoms with Crippen molar-refractivity contribution in [3.05, 3.63) is 33.4 Å². The molecule has 0 heterocycles. The maximum atomic E-state index is 3.45. The molecule has 0 spiro atoms. The van der Waals surface area contributed by atoms with E-state index < -0.39 is 0 Å². The van der Waals surface area contributed by atoms with E-state index in [0.29, 0.717) is 0 Å². The van der Waals surface area contributed by atoms with Crippen molar-refractivity contribution in [2.24, 2.45) is 5.92 Å². The van der Waals surface area contributed by atoms with Crippen LogP contribution in [0.2, 0.25) is 0 Å². The van der Waals surface area contributed by atoms with E-state index in [2.05, 4.69) is 66.0 Å². The number of halogens is 1. The van der Waals surface area contributed by atoms with Crippen LogP contribution in [0.1, 0.15) is 25.8 Å². The van der Waals surface area contributed by atoms with Crippen molar-refractivity contribution < 1.29 is 0 Å². The van der Waals surface area contributed by atoms with Crippen LogP contribution < -0.4 is 5.32 Å². The molecule has 0 unspecified atom stereocenters. The quantitative estimate of drug-likeness (QED) is 0.649. The van der Waals surface area contributed by atoms with Crippen molar-refractivity contribution in [1.82, 2.24) is 5.32 Å². The number of nitrogens with one attached hydrogen (secondary N) is 1. The second-order valence-electron chi connectivity index (χ2n) is 3.99. The first-order valence-electron chi connectivity index (χ1n) is 5.13. The molecule has 1 rings (SSSR count). The van der Waals surface area contributed by atoms with Gasteiger partial charge in [-0.1, -0.05) is 26.0 Å². The maximum Gasteiger partial charge on any atom is 0.0205 e. The van der Waals surface area contributed by atoms with Gasteiger partial charge in [0.2, 0.25) is 0 Å². The SMILES string of the molecule is CC(C)CCNCc1ccc(I)cc1. The van der Waals surface area contributed by atoms with Gasteiger partial charge in [-0.05, 0) is 59.2 Å². The summed E-state index contributed by atoms with van der Waals surface area (Å²) in [5, 5.41) is 3.45. The molecule has 0 aliphatic rings. The molecule has 78 valence electrons. The van der Waals surface area contributed by atoms with E-state index in [9.17, 15) is 0 Å². The summed E-state index contributed by atoms with van der Waals surface area (Å²) >= 11 is 2.33. The second-order valence-corrected chi connectivity index (χ2v) is 5.23. The monoisotopic (exact) mass is 303 g/mol. The zero-order valence-electron chi connectivity index (χ0n) is 8.89. The van der Waals surface area contributed by atoms with Crippen LogP contribution >= 0.6 is 22.6 Å². The predicted molar refractivity (Wildman–Crippen MR) is 70.3 cm³/mol. The Hall–Kier alpha value is -0.0900. The largest absolute Gasteiger partial charge is 0.313 e. The zero-order valence-corrected chi connectivity index (χ0v) is 11.0. The summed E-state index contributed by atoms with van der Waals surface area (Å²) in [5.41, 5.74) is 1.37. The van der Waals surface area contributed by atoms with E-state index in [0.717, 1.165) is 19.0 Å². The molecule has 0 aromatic heterocycles. The Bertz CT molecular complexity index is 254. The van der Waals surface area contributed by atoms with Crippen LogP contribution in [0.4, 0.5) is 0 Å². The Morgan fingerprint density at radius 1 is 1.21 bits per heavy atom. The van der Waals surface area contributed by atoms with Crippen molar-refractivity contribution in [1.29, 1.82) is 0 Å². The van der Waals surface area contributed by atoms with Crippen LogP contribution in [0, 0.1) is 9.49 Å². The summed E-state index contributed by atoms with van der Waals surface area (Å²) in [5.74, 6) is 0.791. The molecule has 1 aromatic carbocycles. The van der Waals surface area contributed by atoms with Gasteiger partial charge >= 0.3 is 0 Å². The normalized spacial score (nSPS) is 10.9. The van der Waals surface area contributed by atoms with Crippen molar-refractivity contribution >= 4 is 22.6 Å². The Balaban J connectivity index is 2.21. The Kier molecular flexibility index (Phi) is 5.48. The molecular weight excluding hydrogens is 285 g/mol. The molecule has 0 atom stereocenters. The van der Waals surface area contributed by atoms with Gasteiger partial charge in [0.1, 0.15) is 0 Å². The molecule has 0 aliphatic carbocycles. The lowest BCUT2D eigenvalue weighted by atomic mass is 10.1. The highest BCUT2D eigenvalue weighted by Gasteiger charge is 1.94. The average Bonchev–Trinajstić information content (AvgIpc) is 2.15. The molecule has 1 nitrogen and oxygen atoms in total. The zero-order chi connectivity index (χ0) is 10.4. The summed E-state index contributed by atoms with van der Waals surface area (Å²) in [6.45, 7) is 6.62. The Labute approximate surface area is 100 Å². The molecule has 14 heavy (non-hydrogen) atoms. The highest BCUT2D eigenvalue weighted by Crippen LogP contribution is 2.06. The lowest BCUT2D eigenvalue weighted by Gasteiger charge is -2.06. The molecule has 1 aromatic rings. The van der Waals surface area contributed by atoms with E-state index in [1.165, 1.54) is 15.6 Å². The number of hydrogen-bond donors (Lipinski definition) is 1. The topological polar surface area (TPSA) is 12.0 Å². The van der Waals surface area contributed by atoms with Crippen LogP contribution in [-0.2, 0) is 6.54 Å². The van der Waals surface area contributed by atoms with Crippen molar-refractivity contribution in [2.75, 3.05) is 6.54 Å². The highest BCUT2D eigenvalue weighted by molar-refractivity contribution is 14.1. The fourth-order valence-electron chi connectivity index (χ4n) is 1.23. The summed E-state index contributed by atoms with van der Waals surface area (Å²) in [4.78, 5) is 0. The first-order valence-corrected chi connectivity index (χ1v) is 6.21. The van der Waals surface area contributed by atoms with Crippen LogP contribution in [-0.4, -0.2) is 6.54 Å². The third kappa shape index (κ3) is 4.96. The standard InChI is InChI=1S/C12H18IN/c1-10(2)7-8-14-9-11-3-5-12(13)6-4-11/h3-6,10,14H,7-9H2,1-2H3. The average molecular weight is 303 g/mol. The minimum Gasteiger partial charge on any atom is -0.313 e. The van der Waals surface area contributed by atoms with Gasteiger partial charge < -0.3 is 5.32 Å². The first-order chi connectivity index (χ1) is 6.68. The number of benzene rings is 1. The van der Waals surface area contributed by atoms with Crippen LogP contribution in [0.5, 0.6) is 0 Å². The minimum atomic E-state index is 0.791.